The fourth-order valence-electron chi connectivity index (χ4n) is 2.35. The number of likely N-dealkylation sites (N-methyl/N-ethyl adjacent to an activating group) is 1. The summed E-state index contributed by atoms with van der Waals surface area (Å²) in [6, 6.07) is 7.87. The average molecular weight is 262 g/mol. The van der Waals surface area contributed by atoms with Crippen molar-refractivity contribution in [3.05, 3.63) is 29.8 Å². The molecular formula is C15H22N2O2. The Morgan fingerprint density at radius 1 is 1.26 bits per heavy atom. The van der Waals surface area contributed by atoms with Crippen LogP contribution in [0.5, 0.6) is 5.75 Å². The van der Waals surface area contributed by atoms with Crippen molar-refractivity contribution in [2.75, 3.05) is 13.2 Å². The number of hydrogen-bond acceptors (Lipinski definition) is 3. The third-order valence-corrected chi connectivity index (χ3v) is 3.38. The minimum atomic E-state index is -0.110. The van der Waals surface area contributed by atoms with Crippen molar-refractivity contribution in [3.8, 4) is 5.75 Å². The van der Waals surface area contributed by atoms with Gasteiger partial charge in [0.1, 0.15) is 11.9 Å². The van der Waals surface area contributed by atoms with Crippen LogP contribution in [-0.2, 0) is 4.79 Å². The number of nitrogens with one attached hydrogen (secondary N) is 1. The fraction of sp³-hybridized carbons (Fsp3) is 0.533. The molecular weight excluding hydrogens is 240 g/mol. The van der Waals surface area contributed by atoms with Gasteiger partial charge in [0.25, 0.3) is 0 Å². The minimum absolute atomic E-state index is 0.0206. The van der Waals surface area contributed by atoms with Crippen LogP contribution in [0.15, 0.2) is 24.3 Å². The normalized spacial score (nSPS) is 22.9. The Kier molecular flexibility index (Phi) is 4.43. The maximum Gasteiger partial charge on any atom is 0.241 e. The molecule has 4 heteroatoms. The summed E-state index contributed by atoms with van der Waals surface area (Å²) in [5, 5.41) is 3.32. The molecule has 2 rings (SSSR count). The molecule has 104 valence electrons. The van der Waals surface area contributed by atoms with E-state index in [1.54, 1.807) is 0 Å². The Hall–Kier alpha value is -1.55. The summed E-state index contributed by atoms with van der Waals surface area (Å²) in [7, 11) is 0. The van der Waals surface area contributed by atoms with E-state index in [9.17, 15) is 4.79 Å². The van der Waals surface area contributed by atoms with Crippen molar-refractivity contribution in [1.29, 1.82) is 0 Å². The van der Waals surface area contributed by atoms with Gasteiger partial charge in [0.15, 0.2) is 0 Å². The van der Waals surface area contributed by atoms with E-state index in [1.165, 1.54) is 0 Å². The van der Waals surface area contributed by atoms with E-state index in [-0.39, 0.29) is 18.1 Å². The second kappa shape index (κ2) is 6.06. The van der Waals surface area contributed by atoms with Gasteiger partial charge in [-0.05, 0) is 38.0 Å². The van der Waals surface area contributed by atoms with Gasteiger partial charge < -0.3 is 9.64 Å². The van der Waals surface area contributed by atoms with Crippen LogP contribution in [0, 0.1) is 0 Å². The molecule has 1 aromatic rings. The number of benzene rings is 1. The zero-order valence-electron chi connectivity index (χ0n) is 11.8. The fourth-order valence-corrected chi connectivity index (χ4v) is 2.35. The third kappa shape index (κ3) is 2.89. The summed E-state index contributed by atoms with van der Waals surface area (Å²) in [6.45, 7) is 7.45. The summed E-state index contributed by atoms with van der Waals surface area (Å²) in [4.78, 5) is 13.8. The zero-order valence-corrected chi connectivity index (χ0v) is 11.8. The van der Waals surface area contributed by atoms with E-state index in [2.05, 4.69) is 12.2 Å². The van der Waals surface area contributed by atoms with Crippen molar-refractivity contribution < 1.29 is 9.53 Å². The van der Waals surface area contributed by atoms with Crippen molar-refractivity contribution in [3.63, 3.8) is 0 Å². The summed E-state index contributed by atoms with van der Waals surface area (Å²) >= 11 is 0. The molecule has 1 aliphatic rings. The Balaban J connectivity index is 2.11. The Morgan fingerprint density at radius 2 is 1.95 bits per heavy atom. The molecule has 1 amide bonds. The highest BCUT2D eigenvalue weighted by molar-refractivity contribution is 5.84. The second-order valence-electron chi connectivity index (χ2n) is 4.83. The molecule has 1 heterocycles. The van der Waals surface area contributed by atoms with E-state index in [0.717, 1.165) is 30.9 Å². The number of carbonyl (C=O) groups excluding carboxylic acids is 1. The van der Waals surface area contributed by atoms with Crippen LogP contribution in [0.4, 0.5) is 0 Å². The molecule has 0 radical (unpaired) electrons. The van der Waals surface area contributed by atoms with Gasteiger partial charge in [0.2, 0.25) is 5.91 Å². The molecule has 0 saturated carbocycles. The summed E-state index contributed by atoms with van der Waals surface area (Å²) < 4.78 is 5.57. The van der Waals surface area contributed by atoms with Gasteiger partial charge in [0.05, 0.1) is 12.6 Å². The molecule has 4 nitrogen and oxygen atoms in total. The van der Waals surface area contributed by atoms with Crippen molar-refractivity contribution in [2.45, 2.75) is 39.4 Å². The number of rotatable bonds is 5. The number of hydrogen-bond donors (Lipinski definition) is 1. The highest BCUT2D eigenvalue weighted by Gasteiger charge is 2.35. The summed E-state index contributed by atoms with van der Waals surface area (Å²) in [5.74, 6) is 1.05. The van der Waals surface area contributed by atoms with Crippen molar-refractivity contribution >= 4 is 5.91 Å². The summed E-state index contributed by atoms with van der Waals surface area (Å²) in [5.41, 5.74) is 1.10. The quantitative estimate of drug-likeness (QED) is 0.885. The molecule has 0 aliphatic carbocycles. The molecule has 1 aliphatic heterocycles. The smallest absolute Gasteiger partial charge is 0.241 e. The minimum Gasteiger partial charge on any atom is -0.494 e. The van der Waals surface area contributed by atoms with Gasteiger partial charge in [-0.2, -0.15) is 0 Å². The molecule has 0 aromatic heterocycles. The van der Waals surface area contributed by atoms with Crippen molar-refractivity contribution in [2.24, 2.45) is 0 Å². The monoisotopic (exact) mass is 262 g/mol. The highest BCUT2D eigenvalue weighted by Crippen LogP contribution is 2.26. The van der Waals surface area contributed by atoms with Crippen LogP contribution in [-0.4, -0.2) is 30.0 Å². The van der Waals surface area contributed by atoms with Gasteiger partial charge in [-0.3, -0.25) is 10.1 Å². The number of nitrogens with zero attached hydrogens (tertiary/aromatic N) is 1. The largest absolute Gasteiger partial charge is 0.494 e. The van der Waals surface area contributed by atoms with Crippen LogP contribution >= 0.6 is 0 Å². The molecule has 2 atom stereocenters. The first-order chi connectivity index (χ1) is 9.17. The van der Waals surface area contributed by atoms with Gasteiger partial charge in [-0.1, -0.05) is 19.1 Å². The van der Waals surface area contributed by atoms with Crippen LogP contribution < -0.4 is 10.1 Å². The number of carbonyl (C=O) groups is 1. The Morgan fingerprint density at radius 3 is 2.53 bits per heavy atom. The molecule has 19 heavy (non-hydrogen) atoms. The Labute approximate surface area is 114 Å². The van der Waals surface area contributed by atoms with Gasteiger partial charge in [0, 0.05) is 6.54 Å². The predicted molar refractivity (Wildman–Crippen MR) is 75.0 cm³/mol. The zero-order chi connectivity index (χ0) is 13.8. The van der Waals surface area contributed by atoms with E-state index in [0.29, 0.717) is 0 Å². The molecule has 2 unspecified atom stereocenters. The van der Waals surface area contributed by atoms with E-state index in [1.807, 2.05) is 43.0 Å². The lowest BCUT2D eigenvalue weighted by molar-refractivity contribution is -0.129. The van der Waals surface area contributed by atoms with Crippen molar-refractivity contribution in [1.82, 2.24) is 10.2 Å². The van der Waals surface area contributed by atoms with E-state index >= 15 is 0 Å². The van der Waals surface area contributed by atoms with Gasteiger partial charge in [-0.25, -0.2) is 0 Å². The molecule has 0 spiro atoms. The topological polar surface area (TPSA) is 41.6 Å². The van der Waals surface area contributed by atoms with Crippen LogP contribution in [0.3, 0.4) is 0 Å². The highest BCUT2D eigenvalue weighted by atomic mass is 16.5. The standard InChI is InChI=1S/C15H22N2O2/c1-4-10-19-13-8-6-12(7-9-13)14-16-11(3)15(18)17(14)5-2/h6-9,11,14,16H,4-5,10H2,1-3H3. The Bertz CT molecular complexity index is 430. The van der Waals surface area contributed by atoms with Gasteiger partial charge in [-0.15, -0.1) is 0 Å². The van der Waals surface area contributed by atoms with E-state index < -0.39 is 0 Å². The molecule has 1 aromatic carbocycles. The lowest BCUT2D eigenvalue weighted by Crippen LogP contribution is -2.30. The van der Waals surface area contributed by atoms with Gasteiger partial charge >= 0.3 is 0 Å². The third-order valence-electron chi connectivity index (χ3n) is 3.38. The molecule has 1 saturated heterocycles. The summed E-state index contributed by atoms with van der Waals surface area (Å²) in [6.07, 6.45) is 0.981. The maximum absolute atomic E-state index is 12.0. The predicted octanol–water partition coefficient (Wildman–Crippen LogP) is 2.31. The second-order valence-corrected chi connectivity index (χ2v) is 4.83. The number of amides is 1. The van der Waals surface area contributed by atoms with E-state index in [4.69, 9.17) is 4.74 Å². The molecule has 1 N–H and O–H groups in total. The first kappa shape index (κ1) is 13.9. The van der Waals surface area contributed by atoms with Crippen LogP contribution in [0.2, 0.25) is 0 Å². The van der Waals surface area contributed by atoms with Crippen LogP contribution in [0.1, 0.15) is 38.9 Å². The lowest BCUT2D eigenvalue weighted by Gasteiger charge is -2.23. The lowest BCUT2D eigenvalue weighted by atomic mass is 10.1. The number of ether oxygens (including phenoxy) is 1. The molecule has 1 fully saturated rings. The maximum atomic E-state index is 12.0. The average Bonchev–Trinajstić information content (AvgIpc) is 2.72. The first-order valence-electron chi connectivity index (χ1n) is 6.96. The first-order valence-corrected chi connectivity index (χ1v) is 6.96. The van der Waals surface area contributed by atoms with Crippen LogP contribution in [0.25, 0.3) is 0 Å². The SMILES string of the molecule is CCCOc1ccc(C2NC(C)C(=O)N2CC)cc1. The molecule has 0 bridgehead atoms.